The average molecular weight is 523 g/mol. The number of imidazole rings is 1. The molecule has 0 saturated heterocycles. The van der Waals surface area contributed by atoms with Crippen molar-refractivity contribution < 1.29 is 4.79 Å². The van der Waals surface area contributed by atoms with Gasteiger partial charge in [0.05, 0.1) is 11.4 Å². The molecule has 0 aliphatic heterocycles. The van der Waals surface area contributed by atoms with Crippen LogP contribution in [0.2, 0.25) is 0 Å². The fraction of sp³-hybridized carbons (Fsp3) is 0.353. The molecule has 0 bridgehead atoms. The first-order chi connectivity index (χ1) is 19.0. The van der Waals surface area contributed by atoms with Gasteiger partial charge in [-0.15, -0.1) is 0 Å². The largest absolute Gasteiger partial charge is 0.345 e. The van der Waals surface area contributed by atoms with Gasteiger partial charge >= 0.3 is 0 Å². The second-order valence-electron chi connectivity index (χ2n) is 10.4. The highest BCUT2D eigenvalue weighted by molar-refractivity contribution is 5.93. The topological polar surface area (TPSA) is 41.4 Å². The Hall–Kier alpha value is -3.70. The Morgan fingerprint density at radius 3 is 1.97 bits per heavy atom. The number of hydrogen-bond acceptors (Lipinski definition) is 3. The summed E-state index contributed by atoms with van der Waals surface area (Å²) >= 11 is 0. The molecular formula is C34H42N4O. The van der Waals surface area contributed by atoms with Crippen LogP contribution in [-0.4, -0.2) is 45.9 Å². The van der Waals surface area contributed by atoms with Gasteiger partial charge in [0.25, 0.3) is 5.91 Å². The number of unbranched alkanes of at least 4 members (excludes halogenated alkanes) is 2. The minimum absolute atomic E-state index is 0.0326. The van der Waals surface area contributed by atoms with Gasteiger partial charge in [0.1, 0.15) is 5.82 Å². The molecule has 0 aliphatic carbocycles. The van der Waals surface area contributed by atoms with Gasteiger partial charge in [0.15, 0.2) is 0 Å². The molecule has 4 aromatic rings. The first-order valence-electron chi connectivity index (χ1n) is 14.2. The van der Waals surface area contributed by atoms with Crippen LogP contribution in [0.1, 0.15) is 61.1 Å². The SMILES string of the molecule is CCCCN(Cc1ccc(C(=O)N(C)C)cc1)Cc1c(-c2ccccc2)nc(-c2ccccc2)n1CCCC. The van der Waals surface area contributed by atoms with Crippen LogP contribution in [0.3, 0.4) is 0 Å². The summed E-state index contributed by atoms with van der Waals surface area (Å²) in [5, 5.41) is 0. The number of benzene rings is 3. The monoisotopic (exact) mass is 522 g/mol. The number of rotatable bonds is 13. The third-order valence-electron chi connectivity index (χ3n) is 7.10. The van der Waals surface area contributed by atoms with Crippen molar-refractivity contribution >= 4 is 5.91 Å². The molecule has 0 atom stereocenters. The molecule has 0 saturated carbocycles. The molecule has 3 aromatic carbocycles. The lowest BCUT2D eigenvalue weighted by Gasteiger charge is -2.24. The fourth-order valence-electron chi connectivity index (χ4n) is 4.92. The van der Waals surface area contributed by atoms with Crippen LogP contribution in [0.4, 0.5) is 0 Å². The lowest BCUT2D eigenvalue weighted by atomic mass is 10.1. The van der Waals surface area contributed by atoms with E-state index in [2.05, 4.69) is 96.1 Å². The van der Waals surface area contributed by atoms with Crippen molar-refractivity contribution in [3.05, 3.63) is 102 Å². The second-order valence-corrected chi connectivity index (χ2v) is 10.4. The van der Waals surface area contributed by atoms with E-state index in [1.165, 1.54) is 11.3 Å². The molecule has 204 valence electrons. The fourth-order valence-corrected chi connectivity index (χ4v) is 4.92. The van der Waals surface area contributed by atoms with E-state index in [4.69, 9.17) is 4.98 Å². The van der Waals surface area contributed by atoms with Crippen molar-refractivity contribution in [1.29, 1.82) is 0 Å². The first kappa shape index (κ1) is 28.3. The van der Waals surface area contributed by atoms with Crippen LogP contribution < -0.4 is 0 Å². The molecule has 0 aliphatic rings. The summed E-state index contributed by atoms with van der Waals surface area (Å²) in [5.74, 6) is 1.07. The molecule has 0 N–H and O–H groups in total. The Labute approximate surface area is 234 Å². The maximum absolute atomic E-state index is 12.4. The maximum Gasteiger partial charge on any atom is 0.253 e. The lowest BCUT2D eigenvalue weighted by Crippen LogP contribution is -2.26. The van der Waals surface area contributed by atoms with E-state index in [0.29, 0.717) is 0 Å². The zero-order valence-corrected chi connectivity index (χ0v) is 23.9. The van der Waals surface area contributed by atoms with Crippen molar-refractivity contribution in [3.8, 4) is 22.6 Å². The van der Waals surface area contributed by atoms with Gasteiger partial charge in [-0.05, 0) is 37.1 Å². The molecule has 1 amide bonds. The first-order valence-corrected chi connectivity index (χ1v) is 14.2. The van der Waals surface area contributed by atoms with Crippen molar-refractivity contribution in [2.75, 3.05) is 20.6 Å². The lowest BCUT2D eigenvalue weighted by molar-refractivity contribution is 0.0827. The Morgan fingerprint density at radius 2 is 1.38 bits per heavy atom. The number of hydrogen-bond donors (Lipinski definition) is 0. The summed E-state index contributed by atoms with van der Waals surface area (Å²) in [5.41, 5.74) is 6.58. The Morgan fingerprint density at radius 1 is 0.769 bits per heavy atom. The van der Waals surface area contributed by atoms with Crippen LogP contribution in [0.5, 0.6) is 0 Å². The Balaban J connectivity index is 1.73. The summed E-state index contributed by atoms with van der Waals surface area (Å²) in [4.78, 5) is 21.8. The standard InChI is InChI=1S/C34H42N4O/c1-5-7-23-37(25-27-19-21-30(22-20-27)34(39)36(3)4)26-31-32(28-15-11-9-12-16-28)35-33(38(31)24-8-6-2)29-17-13-10-14-18-29/h9-22H,5-8,23-26H2,1-4H3. The van der Waals surface area contributed by atoms with E-state index in [-0.39, 0.29) is 5.91 Å². The van der Waals surface area contributed by atoms with Crippen LogP contribution in [0.25, 0.3) is 22.6 Å². The molecule has 1 aromatic heterocycles. The average Bonchev–Trinajstić information content (AvgIpc) is 3.33. The van der Waals surface area contributed by atoms with Gasteiger partial charge in [-0.2, -0.15) is 0 Å². The quantitative estimate of drug-likeness (QED) is 0.182. The highest BCUT2D eigenvalue weighted by Crippen LogP contribution is 2.31. The number of nitrogens with zero attached hydrogens (tertiary/aromatic N) is 4. The highest BCUT2D eigenvalue weighted by Gasteiger charge is 2.22. The smallest absolute Gasteiger partial charge is 0.253 e. The Bertz CT molecular complexity index is 1310. The normalized spacial score (nSPS) is 11.2. The molecule has 0 radical (unpaired) electrons. The second kappa shape index (κ2) is 13.9. The number of aromatic nitrogens is 2. The summed E-state index contributed by atoms with van der Waals surface area (Å²) < 4.78 is 2.46. The van der Waals surface area contributed by atoms with E-state index in [0.717, 1.165) is 80.1 Å². The third-order valence-corrected chi connectivity index (χ3v) is 7.10. The van der Waals surface area contributed by atoms with E-state index in [1.807, 2.05) is 12.1 Å². The zero-order chi connectivity index (χ0) is 27.6. The van der Waals surface area contributed by atoms with Crippen LogP contribution in [0, 0.1) is 0 Å². The highest BCUT2D eigenvalue weighted by atomic mass is 16.2. The summed E-state index contributed by atoms with van der Waals surface area (Å²) in [6, 6.07) is 29.2. The Kier molecular flexibility index (Phi) is 10.1. The van der Waals surface area contributed by atoms with Crippen LogP contribution >= 0.6 is 0 Å². The molecular weight excluding hydrogens is 480 g/mol. The van der Waals surface area contributed by atoms with E-state index in [9.17, 15) is 4.79 Å². The van der Waals surface area contributed by atoms with Gasteiger partial charge in [0.2, 0.25) is 0 Å². The number of carbonyl (C=O) groups excluding carboxylic acids is 1. The van der Waals surface area contributed by atoms with Crippen LogP contribution in [-0.2, 0) is 19.6 Å². The predicted octanol–water partition coefficient (Wildman–Crippen LogP) is 7.52. The predicted molar refractivity (Wildman–Crippen MR) is 161 cm³/mol. The van der Waals surface area contributed by atoms with E-state index >= 15 is 0 Å². The number of carbonyl (C=O) groups is 1. The van der Waals surface area contributed by atoms with Crippen molar-refractivity contribution in [2.45, 2.75) is 59.2 Å². The van der Waals surface area contributed by atoms with Gasteiger partial charge in [-0.3, -0.25) is 9.69 Å². The zero-order valence-electron chi connectivity index (χ0n) is 23.9. The molecule has 0 fully saturated rings. The summed E-state index contributed by atoms with van der Waals surface area (Å²) in [7, 11) is 3.58. The summed E-state index contributed by atoms with van der Waals surface area (Å²) in [6.07, 6.45) is 4.51. The van der Waals surface area contributed by atoms with Gasteiger partial charge in [-0.25, -0.2) is 4.98 Å². The molecule has 0 spiro atoms. The van der Waals surface area contributed by atoms with Crippen molar-refractivity contribution in [2.24, 2.45) is 0 Å². The van der Waals surface area contributed by atoms with Gasteiger partial charge in [0, 0.05) is 50.4 Å². The minimum Gasteiger partial charge on any atom is -0.345 e. The molecule has 0 unspecified atom stereocenters. The molecule has 1 heterocycles. The van der Waals surface area contributed by atoms with E-state index < -0.39 is 0 Å². The van der Waals surface area contributed by atoms with Gasteiger partial charge < -0.3 is 9.47 Å². The molecule has 4 rings (SSSR count). The van der Waals surface area contributed by atoms with Crippen molar-refractivity contribution in [3.63, 3.8) is 0 Å². The summed E-state index contributed by atoms with van der Waals surface area (Å²) in [6.45, 7) is 8.07. The van der Waals surface area contributed by atoms with Crippen molar-refractivity contribution in [1.82, 2.24) is 19.4 Å². The number of amides is 1. The molecule has 5 nitrogen and oxygen atoms in total. The van der Waals surface area contributed by atoms with Gasteiger partial charge in [-0.1, -0.05) is 99.5 Å². The maximum atomic E-state index is 12.4. The molecule has 5 heteroatoms. The third kappa shape index (κ3) is 7.24. The minimum atomic E-state index is 0.0326. The van der Waals surface area contributed by atoms with E-state index in [1.54, 1.807) is 19.0 Å². The molecule has 39 heavy (non-hydrogen) atoms. The van der Waals surface area contributed by atoms with Crippen LogP contribution in [0.15, 0.2) is 84.9 Å².